The number of benzene rings is 2. The molecule has 148 valence electrons. The fraction of sp³-hybridized carbons (Fsp3) is 0.130. The number of rotatable bonds is 5. The van der Waals surface area contributed by atoms with Crippen LogP contribution in [0.4, 0.5) is 5.82 Å². The van der Waals surface area contributed by atoms with Gasteiger partial charge < -0.3 is 10.3 Å². The fourth-order valence-electron chi connectivity index (χ4n) is 3.71. The molecule has 0 amide bonds. The SMILES string of the molecule is CCC(Nc1ncnc2[nH]ccc12)c1nc2ccccc2c(=O)n1-c1ccccc1. The molecule has 0 bridgehead atoms. The van der Waals surface area contributed by atoms with Crippen LogP contribution in [-0.2, 0) is 0 Å². The Kier molecular flexibility index (Phi) is 4.48. The predicted octanol–water partition coefficient (Wildman–Crippen LogP) is 4.22. The molecule has 0 aliphatic carbocycles. The Balaban J connectivity index is 1.71. The third kappa shape index (κ3) is 3.00. The zero-order valence-corrected chi connectivity index (χ0v) is 16.4. The number of fused-ring (bicyclic) bond motifs is 2. The number of aromatic nitrogens is 5. The molecule has 0 saturated carbocycles. The lowest BCUT2D eigenvalue weighted by molar-refractivity contribution is 0.659. The van der Waals surface area contributed by atoms with Crippen LogP contribution in [0.5, 0.6) is 0 Å². The van der Waals surface area contributed by atoms with E-state index >= 15 is 0 Å². The van der Waals surface area contributed by atoms with Gasteiger partial charge in [0.05, 0.1) is 28.0 Å². The molecule has 0 fully saturated rings. The average molecular weight is 396 g/mol. The molecule has 5 rings (SSSR count). The molecule has 3 aromatic heterocycles. The molecule has 5 aromatic rings. The summed E-state index contributed by atoms with van der Waals surface area (Å²) in [6.07, 6.45) is 4.07. The van der Waals surface area contributed by atoms with Gasteiger partial charge in [-0.15, -0.1) is 0 Å². The van der Waals surface area contributed by atoms with Gasteiger partial charge in [-0.25, -0.2) is 15.0 Å². The molecule has 3 heterocycles. The van der Waals surface area contributed by atoms with Gasteiger partial charge in [0, 0.05) is 6.20 Å². The van der Waals surface area contributed by atoms with E-state index in [4.69, 9.17) is 4.98 Å². The third-order valence-corrected chi connectivity index (χ3v) is 5.20. The van der Waals surface area contributed by atoms with Gasteiger partial charge in [0.15, 0.2) is 0 Å². The minimum absolute atomic E-state index is 0.0865. The molecule has 0 radical (unpaired) electrons. The van der Waals surface area contributed by atoms with Crippen molar-refractivity contribution >= 4 is 27.8 Å². The van der Waals surface area contributed by atoms with E-state index in [2.05, 4.69) is 27.2 Å². The first-order chi connectivity index (χ1) is 14.8. The second-order valence-corrected chi connectivity index (χ2v) is 7.03. The first-order valence-corrected chi connectivity index (χ1v) is 9.88. The summed E-state index contributed by atoms with van der Waals surface area (Å²) in [4.78, 5) is 30.1. The summed E-state index contributed by atoms with van der Waals surface area (Å²) in [5.41, 5.74) is 2.13. The third-order valence-electron chi connectivity index (χ3n) is 5.20. The first-order valence-electron chi connectivity index (χ1n) is 9.88. The lowest BCUT2D eigenvalue weighted by Crippen LogP contribution is -2.28. The van der Waals surface area contributed by atoms with Crippen LogP contribution in [0.3, 0.4) is 0 Å². The zero-order chi connectivity index (χ0) is 20.5. The van der Waals surface area contributed by atoms with Gasteiger partial charge in [-0.1, -0.05) is 37.3 Å². The largest absolute Gasteiger partial charge is 0.359 e. The molecule has 30 heavy (non-hydrogen) atoms. The highest BCUT2D eigenvalue weighted by molar-refractivity contribution is 5.86. The number of para-hydroxylation sites is 2. The van der Waals surface area contributed by atoms with Gasteiger partial charge in [-0.3, -0.25) is 9.36 Å². The number of nitrogens with zero attached hydrogens (tertiary/aromatic N) is 4. The lowest BCUT2D eigenvalue weighted by atomic mass is 10.1. The van der Waals surface area contributed by atoms with E-state index in [1.807, 2.05) is 66.9 Å². The molecular formula is C23H20N6O. The van der Waals surface area contributed by atoms with Crippen molar-refractivity contribution in [2.45, 2.75) is 19.4 Å². The van der Waals surface area contributed by atoms with E-state index in [0.29, 0.717) is 29.0 Å². The molecule has 0 spiro atoms. The Bertz CT molecular complexity index is 1390. The highest BCUT2D eigenvalue weighted by atomic mass is 16.1. The Labute approximate surface area is 172 Å². The Morgan fingerprint density at radius 3 is 2.63 bits per heavy atom. The molecule has 7 nitrogen and oxygen atoms in total. The second-order valence-electron chi connectivity index (χ2n) is 7.03. The fourth-order valence-corrected chi connectivity index (χ4v) is 3.71. The van der Waals surface area contributed by atoms with E-state index in [-0.39, 0.29) is 11.6 Å². The molecule has 2 N–H and O–H groups in total. The molecule has 0 aliphatic heterocycles. The van der Waals surface area contributed by atoms with Crippen molar-refractivity contribution in [3.05, 3.63) is 89.4 Å². The summed E-state index contributed by atoms with van der Waals surface area (Å²) >= 11 is 0. The number of nitrogens with one attached hydrogen (secondary N) is 2. The number of aromatic amines is 1. The van der Waals surface area contributed by atoms with Crippen LogP contribution in [0.15, 0.2) is 78.0 Å². The minimum atomic E-state index is -0.226. The van der Waals surface area contributed by atoms with Gasteiger partial charge in [-0.05, 0) is 36.8 Å². The molecule has 0 aliphatic rings. The summed E-state index contributed by atoms with van der Waals surface area (Å²) in [5.74, 6) is 1.35. The van der Waals surface area contributed by atoms with Gasteiger partial charge in [0.1, 0.15) is 23.6 Å². The van der Waals surface area contributed by atoms with Crippen molar-refractivity contribution in [2.24, 2.45) is 0 Å². The van der Waals surface area contributed by atoms with Crippen molar-refractivity contribution in [3.8, 4) is 5.69 Å². The van der Waals surface area contributed by atoms with Crippen LogP contribution < -0.4 is 10.9 Å². The number of anilines is 1. The van der Waals surface area contributed by atoms with E-state index in [0.717, 1.165) is 16.7 Å². The second kappa shape index (κ2) is 7.44. The van der Waals surface area contributed by atoms with Gasteiger partial charge in [-0.2, -0.15) is 0 Å². The normalized spacial score (nSPS) is 12.3. The maximum atomic E-state index is 13.5. The summed E-state index contributed by atoms with van der Waals surface area (Å²) in [5, 5.41) is 4.97. The number of hydrogen-bond acceptors (Lipinski definition) is 5. The Morgan fingerprint density at radius 1 is 1.00 bits per heavy atom. The molecule has 1 unspecified atom stereocenters. The van der Waals surface area contributed by atoms with Crippen LogP contribution in [-0.4, -0.2) is 24.5 Å². The molecule has 0 saturated heterocycles. The number of H-pyrrole nitrogens is 1. The van der Waals surface area contributed by atoms with Crippen molar-refractivity contribution in [1.29, 1.82) is 0 Å². The van der Waals surface area contributed by atoms with Crippen molar-refractivity contribution in [2.75, 3.05) is 5.32 Å². The monoisotopic (exact) mass is 396 g/mol. The van der Waals surface area contributed by atoms with E-state index in [1.165, 1.54) is 6.33 Å². The zero-order valence-electron chi connectivity index (χ0n) is 16.4. The molecule has 7 heteroatoms. The summed E-state index contributed by atoms with van der Waals surface area (Å²) in [6, 6.07) is 18.8. The average Bonchev–Trinajstić information content (AvgIpc) is 3.28. The van der Waals surface area contributed by atoms with Crippen molar-refractivity contribution in [1.82, 2.24) is 24.5 Å². The van der Waals surface area contributed by atoms with E-state index < -0.39 is 0 Å². The van der Waals surface area contributed by atoms with Crippen LogP contribution >= 0.6 is 0 Å². The van der Waals surface area contributed by atoms with Gasteiger partial charge in [0.25, 0.3) is 5.56 Å². The van der Waals surface area contributed by atoms with Crippen LogP contribution in [0.1, 0.15) is 25.2 Å². The maximum absolute atomic E-state index is 13.5. The van der Waals surface area contributed by atoms with Gasteiger partial charge >= 0.3 is 0 Å². The maximum Gasteiger partial charge on any atom is 0.266 e. The van der Waals surface area contributed by atoms with E-state index in [1.54, 1.807) is 4.57 Å². The predicted molar refractivity (Wildman–Crippen MR) is 118 cm³/mol. The minimum Gasteiger partial charge on any atom is -0.359 e. The highest BCUT2D eigenvalue weighted by Crippen LogP contribution is 2.26. The Morgan fingerprint density at radius 2 is 1.80 bits per heavy atom. The van der Waals surface area contributed by atoms with E-state index in [9.17, 15) is 4.79 Å². The van der Waals surface area contributed by atoms with Gasteiger partial charge in [0.2, 0.25) is 0 Å². The summed E-state index contributed by atoms with van der Waals surface area (Å²) in [6.45, 7) is 2.06. The van der Waals surface area contributed by atoms with Crippen LogP contribution in [0.2, 0.25) is 0 Å². The highest BCUT2D eigenvalue weighted by Gasteiger charge is 2.21. The standard InChI is InChI=1S/C23H20N6O/c1-2-18(27-21-17-12-13-24-20(17)25-14-26-21)22-28-19-11-7-6-10-16(19)23(30)29(22)15-8-4-3-5-9-15/h3-14,18H,2H2,1H3,(H2,24,25,26,27). The summed E-state index contributed by atoms with van der Waals surface area (Å²) in [7, 11) is 0. The lowest BCUT2D eigenvalue weighted by Gasteiger charge is -2.22. The Hall–Kier alpha value is -4.00. The summed E-state index contributed by atoms with van der Waals surface area (Å²) < 4.78 is 1.69. The topological polar surface area (TPSA) is 88.5 Å². The molecule has 1 atom stereocenters. The van der Waals surface area contributed by atoms with Crippen LogP contribution in [0, 0.1) is 0 Å². The first kappa shape index (κ1) is 18.1. The van der Waals surface area contributed by atoms with Crippen molar-refractivity contribution < 1.29 is 0 Å². The molecular weight excluding hydrogens is 376 g/mol. The van der Waals surface area contributed by atoms with Crippen LogP contribution in [0.25, 0.3) is 27.6 Å². The van der Waals surface area contributed by atoms with Crippen molar-refractivity contribution in [3.63, 3.8) is 0 Å². The molecule has 2 aromatic carbocycles. The smallest absolute Gasteiger partial charge is 0.266 e. The number of hydrogen-bond donors (Lipinski definition) is 2. The quantitative estimate of drug-likeness (QED) is 0.464.